The molecule has 1 aromatic carbocycles. The lowest BCUT2D eigenvalue weighted by atomic mass is 10.1. The first kappa shape index (κ1) is 19.5. The zero-order valence-corrected chi connectivity index (χ0v) is 17.1. The van der Waals surface area contributed by atoms with Gasteiger partial charge in [0.25, 0.3) is 0 Å². The van der Waals surface area contributed by atoms with Crippen molar-refractivity contribution in [3.63, 3.8) is 0 Å². The molecule has 0 radical (unpaired) electrons. The summed E-state index contributed by atoms with van der Waals surface area (Å²) in [6.45, 7) is 6.72. The largest absolute Gasteiger partial charge is 0.354 e. The molecule has 1 aromatic heterocycles. The summed E-state index contributed by atoms with van der Waals surface area (Å²) in [6, 6.07) is 10.7. The number of halogens is 1. The third kappa shape index (κ3) is 4.93. The maximum atomic E-state index is 12.6. The van der Waals surface area contributed by atoms with E-state index >= 15 is 0 Å². The van der Waals surface area contributed by atoms with Gasteiger partial charge in [0.2, 0.25) is 5.91 Å². The van der Waals surface area contributed by atoms with Crippen LogP contribution in [0.5, 0.6) is 0 Å². The molecular formula is C20H23BrN4O2. The number of rotatable bonds is 5. The van der Waals surface area contributed by atoms with Crippen LogP contribution in [0.25, 0.3) is 0 Å². The molecule has 1 atom stereocenters. The first-order chi connectivity index (χ1) is 12.9. The van der Waals surface area contributed by atoms with Crippen molar-refractivity contribution in [2.45, 2.75) is 19.9 Å². The highest BCUT2D eigenvalue weighted by Crippen LogP contribution is 2.18. The van der Waals surface area contributed by atoms with E-state index in [1.54, 1.807) is 30.5 Å². The van der Waals surface area contributed by atoms with Crippen LogP contribution in [-0.2, 0) is 4.79 Å². The Morgan fingerprint density at radius 3 is 2.30 bits per heavy atom. The summed E-state index contributed by atoms with van der Waals surface area (Å²) in [5.41, 5.74) is 1.34. The van der Waals surface area contributed by atoms with Crippen LogP contribution >= 0.6 is 15.9 Å². The maximum absolute atomic E-state index is 12.6. The molecule has 1 fully saturated rings. The summed E-state index contributed by atoms with van der Waals surface area (Å²) in [6.07, 6.45) is 1.80. The van der Waals surface area contributed by atoms with Crippen LogP contribution in [0, 0.1) is 0 Å². The van der Waals surface area contributed by atoms with Crippen LogP contribution in [-0.4, -0.2) is 53.8 Å². The minimum atomic E-state index is -0.225. The van der Waals surface area contributed by atoms with Crippen LogP contribution in [0.1, 0.15) is 24.2 Å². The zero-order chi connectivity index (χ0) is 19.4. The average Bonchev–Trinajstić information content (AvgIpc) is 2.68. The van der Waals surface area contributed by atoms with Crippen molar-refractivity contribution in [3.8, 4) is 0 Å². The molecule has 1 aliphatic rings. The summed E-state index contributed by atoms with van der Waals surface area (Å²) in [7, 11) is 0. The van der Waals surface area contributed by atoms with Gasteiger partial charge in [0.1, 0.15) is 5.82 Å². The Morgan fingerprint density at radius 1 is 1.07 bits per heavy atom. The highest BCUT2D eigenvalue weighted by atomic mass is 79.9. The van der Waals surface area contributed by atoms with Crippen LogP contribution in [0.15, 0.2) is 47.1 Å². The molecule has 3 rings (SSSR count). The Morgan fingerprint density at radius 2 is 1.74 bits per heavy atom. The van der Waals surface area contributed by atoms with Crippen LogP contribution in [0.2, 0.25) is 0 Å². The molecule has 0 aliphatic carbocycles. The van der Waals surface area contributed by atoms with E-state index < -0.39 is 0 Å². The number of aromatic nitrogens is 1. The summed E-state index contributed by atoms with van der Waals surface area (Å²) in [5.74, 6) is 0.931. The summed E-state index contributed by atoms with van der Waals surface area (Å²) in [5, 5.41) is 2.93. The molecular weight excluding hydrogens is 408 g/mol. The van der Waals surface area contributed by atoms with Gasteiger partial charge in [-0.1, -0.05) is 0 Å². The van der Waals surface area contributed by atoms with E-state index in [-0.39, 0.29) is 17.7 Å². The number of carbonyl (C=O) groups is 2. The van der Waals surface area contributed by atoms with Crippen LogP contribution in [0.4, 0.5) is 11.5 Å². The van der Waals surface area contributed by atoms with Gasteiger partial charge in [0.05, 0.1) is 6.04 Å². The number of benzene rings is 1. The second-order valence-electron chi connectivity index (χ2n) is 6.66. The predicted octanol–water partition coefficient (Wildman–Crippen LogP) is 3.20. The molecule has 1 saturated heterocycles. The molecule has 0 spiro atoms. The molecule has 1 unspecified atom stereocenters. The SMILES string of the molecule is CC(=O)c1ccc(NC(=O)C(C)N2CCN(c3ccc(Br)cn3)CC2)cc1. The quantitative estimate of drug-likeness (QED) is 0.737. The smallest absolute Gasteiger partial charge is 0.241 e. The molecule has 1 aliphatic heterocycles. The fourth-order valence-electron chi connectivity index (χ4n) is 3.09. The van der Waals surface area contributed by atoms with Crippen LogP contribution < -0.4 is 10.2 Å². The topological polar surface area (TPSA) is 65.5 Å². The maximum Gasteiger partial charge on any atom is 0.241 e. The molecule has 0 saturated carbocycles. The molecule has 6 nitrogen and oxygen atoms in total. The molecule has 1 N–H and O–H groups in total. The first-order valence-electron chi connectivity index (χ1n) is 8.96. The predicted molar refractivity (Wildman–Crippen MR) is 110 cm³/mol. The Labute approximate surface area is 167 Å². The van der Waals surface area contributed by atoms with Gasteiger partial charge in [0.15, 0.2) is 5.78 Å². The summed E-state index contributed by atoms with van der Waals surface area (Å²) in [4.78, 5) is 32.7. The van der Waals surface area contributed by atoms with E-state index in [0.717, 1.165) is 36.5 Å². The van der Waals surface area contributed by atoms with Crippen molar-refractivity contribution in [2.24, 2.45) is 0 Å². The highest BCUT2D eigenvalue weighted by Gasteiger charge is 2.26. The zero-order valence-electron chi connectivity index (χ0n) is 15.5. The number of ketones is 1. The fourth-order valence-corrected chi connectivity index (χ4v) is 3.33. The van der Waals surface area contributed by atoms with Gasteiger partial charge in [-0.25, -0.2) is 4.98 Å². The van der Waals surface area contributed by atoms with Crippen LogP contribution in [0.3, 0.4) is 0 Å². The number of piperazine rings is 1. The van der Waals surface area contributed by atoms with Gasteiger partial charge in [0, 0.05) is 48.1 Å². The van der Waals surface area contributed by atoms with Crippen molar-refractivity contribution in [3.05, 3.63) is 52.6 Å². The van der Waals surface area contributed by atoms with E-state index in [2.05, 4.69) is 36.0 Å². The number of hydrogen-bond donors (Lipinski definition) is 1. The highest BCUT2D eigenvalue weighted by molar-refractivity contribution is 9.10. The van der Waals surface area contributed by atoms with Gasteiger partial charge < -0.3 is 10.2 Å². The standard InChI is InChI=1S/C20H23BrN4O2/c1-14(20(27)23-18-6-3-16(4-7-18)15(2)26)24-9-11-25(12-10-24)19-8-5-17(21)13-22-19/h3-8,13-14H,9-12H2,1-2H3,(H,23,27). The Hall–Kier alpha value is -2.25. The normalized spacial score (nSPS) is 16.0. The number of pyridine rings is 1. The molecule has 142 valence electrons. The van der Waals surface area contributed by atoms with E-state index in [1.807, 2.05) is 19.1 Å². The number of nitrogens with zero attached hydrogens (tertiary/aromatic N) is 3. The Bertz CT molecular complexity index is 800. The van der Waals surface area contributed by atoms with E-state index in [4.69, 9.17) is 0 Å². The number of anilines is 2. The minimum absolute atomic E-state index is 0.0133. The van der Waals surface area contributed by atoms with E-state index in [1.165, 1.54) is 6.92 Å². The summed E-state index contributed by atoms with van der Waals surface area (Å²) < 4.78 is 0.964. The molecule has 2 heterocycles. The van der Waals surface area contributed by atoms with E-state index in [9.17, 15) is 9.59 Å². The summed E-state index contributed by atoms with van der Waals surface area (Å²) >= 11 is 3.40. The van der Waals surface area contributed by atoms with Crippen molar-refractivity contribution in [1.29, 1.82) is 0 Å². The molecule has 0 bridgehead atoms. The molecule has 2 aromatic rings. The molecule has 27 heavy (non-hydrogen) atoms. The minimum Gasteiger partial charge on any atom is -0.354 e. The number of amides is 1. The van der Waals surface area contributed by atoms with Crippen molar-refractivity contribution in [1.82, 2.24) is 9.88 Å². The van der Waals surface area contributed by atoms with Crippen molar-refractivity contribution in [2.75, 3.05) is 36.4 Å². The number of Topliss-reactive ketones (excluding diaryl/α,β-unsaturated/α-hetero) is 1. The first-order valence-corrected chi connectivity index (χ1v) is 9.76. The fraction of sp³-hybridized carbons (Fsp3) is 0.350. The lowest BCUT2D eigenvalue weighted by Crippen LogP contribution is -2.53. The van der Waals surface area contributed by atoms with Gasteiger partial charge >= 0.3 is 0 Å². The molecule has 7 heteroatoms. The molecule has 1 amide bonds. The lowest BCUT2D eigenvalue weighted by molar-refractivity contribution is -0.120. The van der Waals surface area contributed by atoms with Gasteiger partial charge in [-0.15, -0.1) is 0 Å². The third-order valence-electron chi connectivity index (χ3n) is 4.84. The van der Waals surface area contributed by atoms with Crippen molar-refractivity contribution < 1.29 is 9.59 Å². The monoisotopic (exact) mass is 430 g/mol. The van der Waals surface area contributed by atoms with Gasteiger partial charge in [-0.05, 0) is 66.2 Å². The van der Waals surface area contributed by atoms with E-state index in [0.29, 0.717) is 11.3 Å². The average molecular weight is 431 g/mol. The van der Waals surface area contributed by atoms with Gasteiger partial charge in [-0.3, -0.25) is 14.5 Å². The lowest BCUT2D eigenvalue weighted by Gasteiger charge is -2.38. The number of hydrogen-bond acceptors (Lipinski definition) is 5. The number of carbonyl (C=O) groups excluding carboxylic acids is 2. The Kier molecular flexibility index (Phi) is 6.23. The van der Waals surface area contributed by atoms with Gasteiger partial charge in [-0.2, -0.15) is 0 Å². The van der Waals surface area contributed by atoms with Crippen molar-refractivity contribution >= 4 is 39.1 Å². The third-order valence-corrected chi connectivity index (χ3v) is 5.31. The number of nitrogens with one attached hydrogen (secondary N) is 1. The second kappa shape index (κ2) is 8.63. The Balaban J connectivity index is 1.53. The second-order valence-corrected chi connectivity index (χ2v) is 7.57.